The summed E-state index contributed by atoms with van der Waals surface area (Å²) in [6.07, 6.45) is 9.14. The van der Waals surface area contributed by atoms with Crippen molar-refractivity contribution in [2.24, 2.45) is 0 Å². The molecule has 3 fully saturated rings. The van der Waals surface area contributed by atoms with Crippen LogP contribution in [0.25, 0.3) is 0 Å². The summed E-state index contributed by atoms with van der Waals surface area (Å²) in [6.45, 7) is 6.07. The number of halogens is 1. The molecule has 0 bridgehead atoms. The average molecular weight is 331 g/mol. The standard InChI is InChI=1S/C20H30FN3/c21-18-9-7-17(8-10-18)16-20-6-2-13-24(20)23-12-3-11-22(14-15-23)19-4-1-5-19/h7-10,19-20H,1-6,11-16H2. The average Bonchev–Trinajstić information content (AvgIpc) is 2.86. The minimum Gasteiger partial charge on any atom is -0.299 e. The molecule has 4 heteroatoms. The predicted molar refractivity (Wildman–Crippen MR) is 95.2 cm³/mol. The van der Waals surface area contributed by atoms with E-state index in [9.17, 15) is 4.39 Å². The van der Waals surface area contributed by atoms with Gasteiger partial charge in [0.1, 0.15) is 5.82 Å². The van der Waals surface area contributed by atoms with E-state index in [2.05, 4.69) is 14.9 Å². The zero-order valence-electron chi connectivity index (χ0n) is 14.7. The van der Waals surface area contributed by atoms with Gasteiger partial charge in [-0.3, -0.25) is 4.90 Å². The molecule has 1 unspecified atom stereocenters. The maximum Gasteiger partial charge on any atom is 0.123 e. The fourth-order valence-electron chi connectivity index (χ4n) is 4.59. The molecule has 24 heavy (non-hydrogen) atoms. The Bertz CT molecular complexity index is 528. The van der Waals surface area contributed by atoms with Crippen molar-refractivity contribution in [1.29, 1.82) is 0 Å². The zero-order valence-corrected chi connectivity index (χ0v) is 14.7. The van der Waals surface area contributed by atoms with Gasteiger partial charge >= 0.3 is 0 Å². The van der Waals surface area contributed by atoms with E-state index in [1.807, 2.05) is 12.1 Å². The maximum atomic E-state index is 13.1. The van der Waals surface area contributed by atoms with Gasteiger partial charge in [-0.25, -0.2) is 14.4 Å². The molecule has 1 aliphatic carbocycles. The molecule has 0 N–H and O–H groups in total. The molecule has 1 aromatic rings. The van der Waals surface area contributed by atoms with E-state index in [-0.39, 0.29) is 5.82 Å². The van der Waals surface area contributed by atoms with Crippen LogP contribution in [0.4, 0.5) is 4.39 Å². The van der Waals surface area contributed by atoms with Crippen molar-refractivity contribution in [3.63, 3.8) is 0 Å². The van der Waals surface area contributed by atoms with Crippen molar-refractivity contribution in [3.8, 4) is 0 Å². The molecule has 1 saturated carbocycles. The second-order valence-corrected chi connectivity index (χ2v) is 7.72. The lowest BCUT2D eigenvalue weighted by Gasteiger charge is -2.38. The summed E-state index contributed by atoms with van der Waals surface area (Å²) < 4.78 is 13.1. The predicted octanol–water partition coefficient (Wildman–Crippen LogP) is 3.31. The third-order valence-corrected chi connectivity index (χ3v) is 6.19. The van der Waals surface area contributed by atoms with Crippen LogP contribution in [-0.2, 0) is 6.42 Å². The summed E-state index contributed by atoms with van der Waals surface area (Å²) in [4.78, 5) is 2.73. The Labute approximate surface area is 145 Å². The molecule has 0 spiro atoms. The molecular weight excluding hydrogens is 301 g/mol. The third-order valence-electron chi connectivity index (χ3n) is 6.19. The lowest BCUT2D eigenvalue weighted by molar-refractivity contribution is -0.0343. The zero-order chi connectivity index (χ0) is 16.4. The molecule has 3 nitrogen and oxygen atoms in total. The molecule has 3 aliphatic rings. The van der Waals surface area contributed by atoms with Crippen LogP contribution in [0.1, 0.15) is 44.1 Å². The van der Waals surface area contributed by atoms with Gasteiger partial charge in [-0.1, -0.05) is 18.6 Å². The molecule has 2 saturated heterocycles. The fourth-order valence-corrected chi connectivity index (χ4v) is 4.59. The number of benzene rings is 1. The number of hydrogen-bond acceptors (Lipinski definition) is 3. The largest absolute Gasteiger partial charge is 0.299 e. The molecule has 0 amide bonds. The van der Waals surface area contributed by atoms with E-state index in [4.69, 9.17) is 0 Å². The van der Waals surface area contributed by atoms with Gasteiger partial charge in [-0.2, -0.15) is 0 Å². The quantitative estimate of drug-likeness (QED) is 0.838. The molecule has 0 aromatic heterocycles. The topological polar surface area (TPSA) is 9.72 Å². The first-order valence-corrected chi connectivity index (χ1v) is 9.79. The van der Waals surface area contributed by atoms with Crippen molar-refractivity contribution in [2.75, 3.05) is 32.7 Å². The van der Waals surface area contributed by atoms with E-state index in [0.717, 1.165) is 12.5 Å². The van der Waals surface area contributed by atoms with Crippen LogP contribution in [0, 0.1) is 5.82 Å². The molecule has 2 aliphatic heterocycles. The van der Waals surface area contributed by atoms with E-state index >= 15 is 0 Å². The van der Waals surface area contributed by atoms with Gasteiger partial charge in [0.05, 0.1) is 0 Å². The number of nitrogens with zero attached hydrogens (tertiary/aromatic N) is 3. The van der Waals surface area contributed by atoms with E-state index in [1.165, 1.54) is 76.8 Å². The lowest BCUT2D eigenvalue weighted by atomic mass is 9.91. The first-order valence-electron chi connectivity index (χ1n) is 9.79. The Morgan fingerprint density at radius 3 is 2.42 bits per heavy atom. The van der Waals surface area contributed by atoms with E-state index in [0.29, 0.717) is 6.04 Å². The van der Waals surface area contributed by atoms with Gasteiger partial charge in [-0.05, 0) is 62.8 Å². The molecule has 132 valence electrons. The van der Waals surface area contributed by atoms with Crippen LogP contribution in [0.15, 0.2) is 24.3 Å². The first-order chi connectivity index (χ1) is 11.8. The summed E-state index contributed by atoms with van der Waals surface area (Å²) in [5.74, 6) is -0.134. The maximum absolute atomic E-state index is 13.1. The number of rotatable bonds is 4. The highest BCUT2D eigenvalue weighted by molar-refractivity contribution is 5.17. The summed E-state index contributed by atoms with van der Waals surface area (Å²) in [6, 6.07) is 8.55. The Balaban J connectivity index is 1.36. The summed E-state index contributed by atoms with van der Waals surface area (Å²) >= 11 is 0. The Kier molecular flexibility index (Phi) is 5.16. The Morgan fingerprint density at radius 2 is 1.67 bits per heavy atom. The van der Waals surface area contributed by atoms with Gasteiger partial charge in [0.25, 0.3) is 0 Å². The molecule has 1 aromatic carbocycles. The van der Waals surface area contributed by atoms with Crippen LogP contribution in [0.3, 0.4) is 0 Å². The van der Waals surface area contributed by atoms with Gasteiger partial charge in [0, 0.05) is 38.3 Å². The molecular formula is C20H30FN3. The molecule has 0 radical (unpaired) electrons. The van der Waals surface area contributed by atoms with Crippen molar-refractivity contribution in [3.05, 3.63) is 35.6 Å². The summed E-state index contributed by atoms with van der Waals surface area (Å²) in [5.41, 5.74) is 1.26. The highest BCUT2D eigenvalue weighted by atomic mass is 19.1. The van der Waals surface area contributed by atoms with Crippen molar-refractivity contribution < 1.29 is 4.39 Å². The second kappa shape index (κ2) is 7.51. The number of hydrazine groups is 1. The first kappa shape index (κ1) is 16.5. The summed E-state index contributed by atoms with van der Waals surface area (Å²) in [5, 5.41) is 5.26. The highest BCUT2D eigenvalue weighted by Gasteiger charge is 2.32. The van der Waals surface area contributed by atoms with Gasteiger partial charge in [-0.15, -0.1) is 0 Å². The van der Waals surface area contributed by atoms with Crippen LogP contribution in [0.5, 0.6) is 0 Å². The SMILES string of the molecule is Fc1ccc(CC2CCCN2N2CCCN(C3CCC3)CC2)cc1. The fraction of sp³-hybridized carbons (Fsp3) is 0.700. The summed E-state index contributed by atoms with van der Waals surface area (Å²) in [7, 11) is 0. The van der Waals surface area contributed by atoms with Crippen LogP contribution >= 0.6 is 0 Å². The smallest absolute Gasteiger partial charge is 0.123 e. The number of hydrogen-bond donors (Lipinski definition) is 0. The minimum absolute atomic E-state index is 0.134. The molecule has 2 heterocycles. The van der Waals surface area contributed by atoms with E-state index in [1.54, 1.807) is 12.1 Å². The van der Waals surface area contributed by atoms with Crippen molar-refractivity contribution >= 4 is 0 Å². The molecule has 4 rings (SSSR count). The van der Waals surface area contributed by atoms with Gasteiger partial charge < -0.3 is 0 Å². The van der Waals surface area contributed by atoms with Gasteiger partial charge in [0.2, 0.25) is 0 Å². The monoisotopic (exact) mass is 331 g/mol. The highest BCUT2D eigenvalue weighted by Crippen LogP contribution is 2.28. The van der Waals surface area contributed by atoms with Crippen LogP contribution in [0.2, 0.25) is 0 Å². The molecule has 1 atom stereocenters. The Hall–Kier alpha value is -0.970. The van der Waals surface area contributed by atoms with Crippen molar-refractivity contribution in [1.82, 2.24) is 14.9 Å². The van der Waals surface area contributed by atoms with Crippen molar-refractivity contribution in [2.45, 2.75) is 57.0 Å². The van der Waals surface area contributed by atoms with Crippen LogP contribution < -0.4 is 0 Å². The third kappa shape index (κ3) is 3.66. The lowest BCUT2D eigenvalue weighted by Crippen LogP contribution is -2.48. The van der Waals surface area contributed by atoms with Gasteiger partial charge in [0.15, 0.2) is 0 Å². The Morgan fingerprint density at radius 1 is 0.833 bits per heavy atom. The normalized spacial score (nSPS) is 28.0. The minimum atomic E-state index is -0.134. The van der Waals surface area contributed by atoms with E-state index < -0.39 is 0 Å². The second-order valence-electron chi connectivity index (χ2n) is 7.72. The van der Waals surface area contributed by atoms with Crippen LogP contribution in [-0.4, -0.2) is 59.7 Å².